The molecule has 0 radical (unpaired) electrons. The van der Waals surface area contributed by atoms with Gasteiger partial charge in [-0.3, -0.25) is 9.69 Å². The quantitative estimate of drug-likeness (QED) is 0.619. The van der Waals surface area contributed by atoms with Gasteiger partial charge in [0.1, 0.15) is 17.2 Å². The minimum Gasteiger partial charge on any atom is -0.497 e. The van der Waals surface area contributed by atoms with Crippen LogP contribution >= 0.6 is 12.2 Å². The molecule has 1 N–H and O–H groups in total. The molecule has 1 saturated carbocycles. The highest BCUT2D eigenvalue weighted by molar-refractivity contribution is 7.80. The smallest absolute Gasteiger partial charge is 0.276 e. The monoisotopic (exact) mass is 396 g/mol. The van der Waals surface area contributed by atoms with Crippen molar-refractivity contribution in [2.45, 2.75) is 38.1 Å². The number of amides is 1. The summed E-state index contributed by atoms with van der Waals surface area (Å²) in [5.74, 6) is 1.40. The second kappa shape index (κ2) is 7.80. The number of nitrogens with zero attached hydrogens (tertiary/aromatic N) is 1. The maximum Gasteiger partial charge on any atom is 0.276 e. The number of carbonyl (C=O) groups is 1. The second-order valence-corrected chi connectivity index (χ2v) is 7.61. The van der Waals surface area contributed by atoms with Crippen LogP contribution in [0.4, 0.5) is 0 Å². The molecule has 28 heavy (non-hydrogen) atoms. The van der Waals surface area contributed by atoms with Crippen LogP contribution in [0.2, 0.25) is 0 Å². The van der Waals surface area contributed by atoms with Gasteiger partial charge in [0.2, 0.25) is 0 Å². The number of methoxy groups -OCH3 is 2. The maximum atomic E-state index is 13.1. The lowest BCUT2D eigenvalue weighted by molar-refractivity contribution is -0.124. The van der Waals surface area contributed by atoms with Crippen molar-refractivity contribution in [1.29, 1.82) is 0 Å². The van der Waals surface area contributed by atoms with E-state index in [1.54, 1.807) is 19.1 Å². The van der Waals surface area contributed by atoms with E-state index in [1.807, 2.05) is 36.4 Å². The zero-order valence-corrected chi connectivity index (χ0v) is 17.0. The van der Waals surface area contributed by atoms with Crippen molar-refractivity contribution >= 4 is 40.1 Å². The van der Waals surface area contributed by atoms with Crippen molar-refractivity contribution in [3.8, 4) is 11.5 Å². The number of rotatable bonds is 4. The first kappa shape index (κ1) is 18.7. The average Bonchev–Trinajstić information content (AvgIpc) is 3.01. The molecule has 0 atom stereocenters. The Morgan fingerprint density at radius 2 is 1.86 bits per heavy atom. The Morgan fingerprint density at radius 3 is 2.57 bits per heavy atom. The Bertz CT molecular complexity index is 958. The first-order chi connectivity index (χ1) is 13.6. The van der Waals surface area contributed by atoms with Gasteiger partial charge in [-0.15, -0.1) is 0 Å². The van der Waals surface area contributed by atoms with Gasteiger partial charge in [-0.2, -0.15) is 0 Å². The van der Waals surface area contributed by atoms with Gasteiger partial charge in [0.05, 0.1) is 14.2 Å². The molecule has 1 aliphatic carbocycles. The minimum absolute atomic E-state index is 0.0566. The molecule has 2 aromatic carbocycles. The van der Waals surface area contributed by atoms with E-state index in [0.29, 0.717) is 16.6 Å². The van der Waals surface area contributed by atoms with Crippen molar-refractivity contribution in [2.24, 2.45) is 0 Å². The molecule has 146 valence electrons. The van der Waals surface area contributed by atoms with Crippen molar-refractivity contribution in [3.63, 3.8) is 0 Å². The van der Waals surface area contributed by atoms with Gasteiger partial charge < -0.3 is 14.8 Å². The number of benzene rings is 2. The summed E-state index contributed by atoms with van der Waals surface area (Å²) in [6.07, 6.45) is 7.39. The van der Waals surface area contributed by atoms with Crippen LogP contribution in [-0.2, 0) is 4.79 Å². The fraction of sp³-hybridized carbons (Fsp3) is 0.364. The van der Waals surface area contributed by atoms with Crippen LogP contribution in [0.1, 0.15) is 37.7 Å². The van der Waals surface area contributed by atoms with Crippen LogP contribution in [0.15, 0.2) is 36.0 Å². The normalized spacial score (nSPS) is 19.4. The van der Waals surface area contributed by atoms with E-state index >= 15 is 0 Å². The second-order valence-electron chi connectivity index (χ2n) is 7.22. The standard InChI is InChI=1S/C22H24N2O3S/c1-26-16-10-8-14-9-11-20(27-2)18(17(14)12-16)13-19-21(25)24(22(28)23-19)15-6-4-3-5-7-15/h8-13,15H,3-7H2,1-2H3,(H,23,28)/b19-13-. The fourth-order valence-corrected chi connectivity index (χ4v) is 4.46. The van der Waals surface area contributed by atoms with Crippen molar-refractivity contribution < 1.29 is 14.3 Å². The Kier molecular flexibility index (Phi) is 5.22. The molecular formula is C22H24N2O3S. The number of carbonyl (C=O) groups excluding carboxylic acids is 1. The van der Waals surface area contributed by atoms with Crippen LogP contribution in [0, 0.1) is 0 Å². The van der Waals surface area contributed by atoms with Gasteiger partial charge in [0, 0.05) is 11.6 Å². The molecule has 0 bridgehead atoms. The Morgan fingerprint density at radius 1 is 1.11 bits per heavy atom. The van der Waals surface area contributed by atoms with Crippen molar-refractivity contribution in [3.05, 3.63) is 41.6 Å². The Labute approximate surface area is 170 Å². The molecule has 2 fully saturated rings. The predicted octanol–water partition coefficient (Wildman–Crippen LogP) is 4.25. The van der Waals surface area contributed by atoms with Gasteiger partial charge >= 0.3 is 0 Å². The molecule has 1 amide bonds. The van der Waals surface area contributed by atoms with Gasteiger partial charge in [0.25, 0.3) is 5.91 Å². The number of hydrogen-bond acceptors (Lipinski definition) is 4. The molecule has 0 spiro atoms. The lowest BCUT2D eigenvalue weighted by atomic mass is 9.94. The van der Waals surface area contributed by atoms with Crippen LogP contribution in [0.3, 0.4) is 0 Å². The molecular weight excluding hydrogens is 372 g/mol. The van der Waals surface area contributed by atoms with Crippen molar-refractivity contribution in [2.75, 3.05) is 14.2 Å². The van der Waals surface area contributed by atoms with Crippen LogP contribution in [0.5, 0.6) is 11.5 Å². The summed E-state index contributed by atoms with van der Waals surface area (Å²) in [5.41, 5.74) is 1.33. The topological polar surface area (TPSA) is 50.8 Å². The maximum absolute atomic E-state index is 13.1. The molecule has 2 aromatic rings. The first-order valence-corrected chi connectivity index (χ1v) is 10.0. The van der Waals surface area contributed by atoms with Gasteiger partial charge in [0.15, 0.2) is 5.11 Å². The van der Waals surface area contributed by atoms with E-state index in [1.165, 1.54) is 6.42 Å². The van der Waals surface area contributed by atoms with Crippen LogP contribution in [0.25, 0.3) is 16.8 Å². The third-order valence-electron chi connectivity index (χ3n) is 5.59. The van der Waals surface area contributed by atoms with Gasteiger partial charge in [-0.25, -0.2) is 0 Å². The zero-order chi connectivity index (χ0) is 19.7. The summed E-state index contributed by atoms with van der Waals surface area (Å²) in [4.78, 5) is 14.9. The predicted molar refractivity (Wildman–Crippen MR) is 114 cm³/mol. The highest BCUT2D eigenvalue weighted by Crippen LogP contribution is 2.34. The molecule has 6 heteroatoms. The number of nitrogens with one attached hydrogen (secondary N) is 1. The van der Waals surface area contributed by atoms with Crippen molar-refractivity contribution in [1.82, 2.24) is 10.2 Å². The summed E-state index contributed by atoms with van der Waals surface area (Å²) in [5, 5.41) is 5.63. The van der Waals surface area contributed by atoms with Crippen LogP contribution < -0.4 is 14.8 Å². The van der Waals surface area contributed by atoms with E-state index in [0.717, 1.165) is 47.8 Å². The fourth-order valence-electron chi connectivity index (χ4n) is 4.12. The largest absolute Gasteiger partial charge is 0.497 e. The summed E-state index contributed by atoms with van der Waals surface area (Å²) < 4.78 is 11.0. The average molecular weight is 397 g/mol. The van der Waals surface area contributed by atoms with E-state index in [4.69, 9.17) is 21.7 Å². The molecule has 0 unspecified atom stereocenters. The zero-order valence-electron chi connectivity index (χ0n) is 16.2. The molecule has 1 heterocycles. The highest BCUT2D eigenvalue weighted by Gasteiger charge is 2.36. The molecule has 0 aromatic heterocycles. The first-order valence-electron chi connectivity index (χ1n) is 9.63. The summed E-state index contributed by atoms with van der Waals surface area (Å²) in [7, 11) is 3.27. The lowest BCUT2D eigenvalue weighted by Crippen LogP contribution is -2.41. The van der Waals surface area contributed by atoms with E-state index in [9.17, 15) is 4.79 Å². The Balaban J connectivity index is 1.76. The van der Waals surface area contributed by atoms with Gasteiger partial charge in [-0.05, 0) is 60.1 Å². The van der Waals surface area contributed by atoms with Gasteiger partial charge in [-0.1, -0.05) is 31.4 Å². The van der Waals surface area contributed by atoms with E-state index in [-0.39, 0.29) is 11.9 Å². The number of hydrogen-bond donors (Lipinski definition) is 1. The molecule has 2 aliphatic rings. The van der Waals surface area contributed by atoms with E-state index in [2.05, 4.69) is 5.32 Å². The number of ether oxygens (including phenoxy) is 2. The molecule has 1 aliphatic heterocycles. The molecule has 4 rings (SSSR count). The minimum atomic E-state index is -0.0566. The molecule has 5 nitrogen and oxygen atoms in total. The summed E-state index contributed by atoms with van der Waals surface area (Å²) in [6.45, 7) is 0. The SMILES string of the molecule is COc1ccc2ccc(OC)c(/C=C3\NC(=S)N(C4CCCCC4)C3=O)c2c1. The van der Waals surface area contributed by atoms with Crippen LogP contribution in [-0.4, -0.2) is 36.2 Å². The number of fused-ring (bicyclic) bond motifs is 1. The summed E-state index contributed by atoms with van der Waals surface area (Å²) in [6, 6.07) is 9.99. The lowest BCUT2D eigenvalue weighted by Gasteiger charge is -2.29. The molecule has 1 saturated heterocycles. The highest BCUT2D eigenvalue weighted by atomic mass is 32.1. The third kappa shape index (κ3) is 3.33. The Hall–Kier alpha value is -2.60. The van der Waals surface area contributed by atoms with E-state index < -0.39 is 0 Å². The summed E-state index contributed by atoms with van der Waals surface area (Å²) >= 11 is 5.49. The third-order valence-corrected chi connectivity index (χ3v) is 5.89. The number of thiocarbonyl (C=S) groups is 1.